The lowest BCUT2D eigenvalue weighted by atomic mass is 10.1. The number of aromatic nitrogens is 1. The average Bonchev–Trinajstić information content (AvgIpc) is 2.53. The van der Waals surface area contributed by atoms with Crippen LogP contribution in [0.1, 0.15) is 28.1 Å². The van der Waals surface area contributed by atoms with Gasteiger partial charge in [0.1, 0.15) is 6.10 Å². The molecule has 0 aliphatic rings. The summed E-state index contributed by atoms with van der Waals surface area (Å²) in [4.78, 5) is 5.00. The SMILES string of the molecule is CNCCC(O)C(O)c1sc(C)nc1C. The van der Waals surface area contributed by atoms with Crippen LogP contribution in [0.5, 0.6) is 0 Å². The van der Waals surface area contributed by atoms with E-state index >= 15 is 0 Å². The number of aliphatic hydroxyl groups excluding tert-OH is 2. The second kappa shape index (κ2) is 5.55. The third-order valence-corrected chi connectivity index (χ3v) is 3.41. The maximum absolute atomic E-state index is 9.90. The molecule has 1 aromatic heterocycles. The molecular weight excluding hydrogens is 212 g/mol. The van der Waals surface area contributed by atoms with Gasteiger partial charge in [-0.2, -0.15) is 0 Å². The highest BCUT2D eigenvalue weighted by Gasteiger charge is 2.22. The van der Waals surface area contributed by atoms with Crippen molar-refractivity contribution in [3.63, 3.8) is 0 Å². The number of nitrogens with one attached hydrogen (secondary N) is 1. The lowest BCUT2D eigenvalue weighted by Crippen LogP contribution is -2.23. The Morgan fingerprint density at radius 1 is 1.40 bits per heavy atom. The lowest BCUT2D eigenvalue weighted by molar-refractivity contribution is 0.0157. The minimum absolute atomic E-state index is 0.536. The molecule has 0 aromatic carbocycles. The van der Waals surface area contributed by atoms with Gasteiger partial charge in [-0.1, -0.05) is 0 Å². The number of thiazole rings is 1. The van der Waals surface area contributed by atoms with E-state index in [1.54, 1.807) is 0 Å². The highest BCUT2D eigenvalue weighted by atomic mass is 32.1. The minimum Gasteiger partial charge on any atom is -0.390 e. The van der Waals surface area contributed by atoms with Crippen LogP contribution in [-0.4, -0.2) is 34.9 Å². The summed E-state index contributed by atoms with van der Waals surface area (Å²) in [6, 6.07) is 0. The van der Waals surface area contributed by atoms with E-state index in [-0.39, 0.29) is 0 Å². The molecule has 3 N–H and O–H groups in total. The molecule has 0 bridgehead atoms. The van der Waals surface area contributed by atoms with Gasteiger partial charge in [-0.05, 0) is 33.9 Å². The van der Waals surface area contributed by atoms with E-state index in [2.05, 4.69) is 10.3 Å². The van der Waals surface area contributed by atoms with Crippen LogP contribution < -0.4 is 5.32 Å². The van der Waals surface area contributed by atoms with E-state index in [0.717, 1.165) is 15.6 Å². The van der Waals surface area contributed by atoms with Crippen molar-refractivity contribution >= 4 is 11.3 Å². The molecular formula is C10H18N2O2S. The molecule has 2 atom stereocenters. The molecule has 0 radical (unpaired) electrons. The van der Waals surface area contributed by atoms with E-state index in [0.29, 0.717) is 13.0 Å². The lowest BCUT2D eigenvalue weighted by Gasteiger charge is -2.16. The molecule has 0 saturated carbocycles. The molecule has 0 amide bonds. The van der Waals surface area contributed by atoms with Gasteiger partial charge in [0.05, 0.1) is 21.7 Å². The zero-order chi connectivity index (χ0) is 11.4. The molecule has 0 aliphatic carbocycles. The first-order chi connectivity index (χ1) is 7.06. The molecule has 15 heavy (non-hydrogen) atoms. The van der Waals surface area contributed by atoms with Gasteiger partial charge in [-0.25, -0.2) is 4.98 Å². The number of aliphatic hydroxyl groups is 2. The maximum Gasteiger partial charge on any atom is 0.116 e. The standard InChI is InChI=1S/C10H18N2O2S/c1-6-10(15-7(2)12-6)9(14)8(13)4-5-11-3/h8-9,11,13-14H,4-5H2,1-3H3. The number of nitrogens with zero attached hydrogens (tertiary/aromatic N) is 1. The molecule has 5 heteroatoms. The Balaban J connectivity index is 2.66. The molecule has 1 aromatic rings. The van der Waals surface area contributed by atoms with Crippen LogP contribution in [0.3, 0.4) is 0 Å². The van der Waals surface area contributed by atoms with Crippen molar-refractivity contribution in [2.75, 3.05) is 13.6 Å². The van der Waals surface area contributed by atoms with Crippen molar-refractivity contribution in [3.05, 3.63) is 15.6 Å². The van der Waals surface area contributed by atoms with Gasteiger partial charge in [0.15, 0.2) is 0 Å². The van der Waals surface area contributed by atoms with Crippen LogP contribution in [0, 0.1) is 13.8 Å². The summed E-state index contributed by atoms with van der Waals surface area (Å²) in [6.45, 7) is 4.44. The molecule has 0 aliphatic heterocycles. The van der Waals surface area contributed by atoms with Gasteiger partial charge >= 0.3 is 0 Å². The fourth-order valence-electron chi connectivity index (χ4n) is 1.45. The fraction of sp³-hybridized carbons (Fsp3) is 0.700. The maximum atomic E-state index is 9.90. The van der Waals surface area contributed by atoms with Gasteiger partial charge in [-0.3, -0.25) is 0 Å². The Labute approximate surface area is 94.0 Å². The van der Waals surface area contributed by atoms with Crippen molar-refractivity contribution in [2.45, 2.75) is 32.5 Å². The predicted octanol–water partition coefficient (Wildman–Crippen LogP) is 0.764. The van der Waals surface area contributed by atoms with E-state index in [1.165, 1.54) is 11.3 Å². The summed E-state index contributed by atoms with van der Waals surface area (Å²) in [5.74, 6) is 0. The molecule has 2 unspecified atom stereocenters. The number of aryl methyl sites for hydroxylation is 2. The fourth-order valence-corrected chi connectivity index (χ4v) is 2.42. The smallest absolute Gasteiger partial charge is 0.116 e. The van der Waals surface area contributed by atoms with Gasteiger partial charge in [-0.15, -0.1) is 11.3 Å². The van der Waals surface area contributed by atoms with Gasteiger partial charge in [0.25, 0.3) is 0 Å². The zero-order valence-corrected chi connectivity index (χ0v) is 10.1. The molecule has 0 fully saturated rings. The Morgan fingerprint density at radius 2 is 2.07 bits per heavy atom. The van der Waals surface area contributed by atoms with E-state index in [4.69, 9.17) is 0 Å². The van der Waals surface area contributed by atoms with Crippen LogP contribution in [0.25, 0.3) is 0 Å². The van der Waals surface area contributed by atoms with Crippen molar-refractivity contribution < 1.29 is 10.2 Å². The van der Waals surface area contributed by atoms with E-state index in [9.17, 15) is 10.2 Å². The van der Waals surface area contributed by atoms with Gasteiger partial charge in [0, 0.05) is 0 Å². The topological polar surface area (TPSA) is 65.4 Å². The monoisotopic (exact) mass is 230 g/mol. The Bertz CT molecular complexity index is 314. The third-order valence-electron chi connectivity index (χ3n) is 2.26. The van der Waals surface area contributed by atoms with Crippen molar-refractivity contribution in [2.24, 2.45) is 0 Å². The van der Waals surface area contributed by atoms with Gasteiger partial charge in [0.2, 0.25) is 0 Å². The van der Waals surface area contributed by atoms with Gasteiger partial charge < -0.3 is 15.5 Å². The molecule has 1 rings (SSSR count). The molecule has 4 nitrogen and oxygen atoms in total. The highest BCUT2D eigenvalue weighted by Crippen LogP contribution is 2.27. The first kappa shape index (κ1) is 12.6. The zero-order valence-electron chi connectivity index (χ0n) is 9.32. The summed E-state index contributed by atoms with van der Waals surface area (Å²) in [7, 11) is 1.82. The summed E-state index contributed by atoms with van der Waals surface area (Å²) < 4.78 is 0. The number of hydrogen-bond acceptors (Lipinski definition) is 5. The van der Waals surface area contributed by atoms with Crippen molar-refractivity contribution in [1.82, 2.24) is 10.3 Å². The molecule has 0 spiro atoms. The van der Waals surface area contributed by atoms with Crippen LogP contribution in [0.2, 0.25) is 0 Å². The first-order valence-corrected chi connectivity index (χ1v) is 5.82. The Hall–Kier alpha value is -0.490. The molecule has 0 saturated heterocycles. The highest BCUT2D eigenvalue weighted by molar-refractivity contribution is 7.11. The Morgan fingerprint density at radius 3 is 2.53 bits per heavy atom. The second-order valence-corrected chi connectivity index (χ2v) is 4.82. The largest absolute Gasteiger partial charge is 0.390 e. The second-order valence-electron chi connectivity index (χ2n) is 3.59. The third kappa shape index (κ3) is 3.24. The van der Waals surface area contributed by atoms with Crippen LogP contribution in [0.4, 0.5) is 0 Å². The summed E-state index contributed by atoms with van der Waals surface area (Å²) >= 11 is 1.44. The van der Waals surface area contributed by atoms with E-state index in [1.807, 2.05) is 20.9 Å². The summed E-state index contributed by atoms with van der Waals surface area (Å²) in [5.41, 5.74) is 0.813. The number of hydrogen-bond donors (Lipinski definition) is 3. The summed E-state index contributed by atoms with van der Waals surface area (Å²) in [5, 5.41) is 23.5. The first-order valence-electron chi connectivity index (χ1n) is 5.01. The van der Waals surface area contributed by atoms with Crippen LogP contribution in [0.15, 0.2) is 0 Å². The van der Waals surface area contributed by atoms with Crippen LogP contribution >= 0.6 is 11.3 Å². The minimum atomic E-state index is -0.815. The normalized spacial score (nSPS) is 15.3. The van der Waals surface area contributed by atoms with Crippen molar-refractivity contribution in [1.29, 1.82) is 0 Å². The predicted molar refractivity (Wildman–Crippen MR) is 61.1 cm³/mol. The molecule has 86 valence electrons. The summed E-state index contributed by atoms with van der Waals surface area (Å²) in [6.07, 6.45) is -1.01. The average molecular weight is 230 g/mol. The van der Waals surface area contributed by atoms with E-state index < -0.39 is 12.2 Å². The molecule has 1 heterocycles. The quantitative estimate of drug-likeness (QED) is 0.699. The van der Waals surface area contributed by atoms with Crippen molar-refractivity contribution in [3.8, 4) is 0 Å². The Kier molecular flexibility index (Phi) is 4.66. The number of rotatable bonds is 5. The van der Waals surface area contributed by atoms with Crippen LogP contribution in [-0.2, 0) is 0 Å².